The third-order valence-corrected chi connectivity index (χ3v) is 1.82. The van der Waals surface area contributed by atoms with Gasteiger partial charge in [-0.1, -0.05) is 6.92 Å². The molecule has 0 aromatic carbocycles. The molecule has 0 saturated carbocycles. The zero-order chi connectivity index (χ0) is 8.85. The lowest BCUT2D eigenvalue weighted by Crippen LogP contribution is -2.49. The Hall–Kier alpha value is -0.160. The van der Waals surface area contributed by atoms with Crippen molar-refractivity contribution in [3.8, 4) is 0 Å². The van der Waals surface area contributed by atoms with E-state index in [4.69, 9.17) is 16.6 Å². The highest BCUT2D eigenvalue weighted by molar-refractivity contribution is 4.81. The van der Waals surface area contributed by atoms with E-state index in [0.29, 0.717) is 12.8 Å². The van der Waals surface area contributed by atoms with E-state index in [0.717, 1.165) is 0 Å². The van der Waals surface area contributed by atoms with Crippen molar-refractivity contribution >= 4 is 0 Å². The molecule has 0 spiro atoms. The summed E-state index contributed by atoms with van der Waals surface area (Å²) in [6, 6.07) is -0.734. The first-order valence-electron chi connectivity index (χ1n) is 3.93. The standard InChI is InChI=1S/C7H18N2O2/c1-2-6(11)7(9)5(8)3-4-10/h5-7,10-11H,2-4,8-9H2,1H3/t5-,6-,7?/m0/s1. The van der Waals surface area contributed by atoms with Gasteiger partial charge in [0.05, 0.1) is 6.10 Å². The zero-order valence-electron chi connectivity index (χ0n) is 6.90. The summed E-state index contributed by atoms with van der Waals surface area (Å²) in [5, 5.41) is 17.8. The molecule has 0 aliphatic rings. The highest BCUT2D eigenvalue weighted by Gasteiger charge is 2.19. The molecule has 0 aliphatic carbocycles. The third-order valence-electron chi connectivity index (χ3n) is 1.82. The summed E-state index contributed by atoms with van der Waals surface area (Å²) < 4.78 is 0. The molecule has 0 aromatic rings. The van der Waals surface area contributed by atoms with Gasteiger partial charge in [-0.05, 0) is 12.8 Å². The Balaban J connectivity index is 3.70. The molecule has 4 nitrogen and oxygen atoms in total. The summed E-state index contributed by atoms with van der Waals surface area (Å²) in [4.78, 5) is 0. The Bertz CT molecular complexity index is 100. The van der Waals surface area contributed by atoms with Crippen LogP contribution in [0.25, 0.3) is 0 Å². The molecule has 1 unspecified atom stereocenters. The minimum absolute atomic E-state index is 0.0191. The second-order valence-electron chi connectivity index (χ2n) is 2.73. The molecule has 0 saturated heterocycles. The van der Waals surface area contributed by atoms with Crippen molar-refractivity contribution in [2.75, 3.05) is 6.61 Å². The largest absolute Gasteiger partial charge is 0.396 e. The molecule has 0 heterocycles. The summed E-state index contributed by atoms with van der Waals surface area (Å²) in [7, 11) is 0. The summed E-state index contributed by atoms with van der Waals surface area (Å²) >= 11 is 0. The van der Waals surface area contributed by atoms with Crippen LogP contribution in [0, 0.1) is 0 Å². The Morgan fingerprint density at radius 2 is 1.91 bits per heavy atom. The SMILES string of the molecule is CC[C@H](O)C(N)[C@@H](N)CCO. The molecule has 0 aliphatic heterocycles. The molecule has 3 atom stereocenters. The first kappa shape index (κ1) is 10.8. The van der Waals surface area contributed by atoms with Gasteiger partial charge in [-0.25, -0.2) is 0 Å². The number of aliphatic hydroxyl groups is 2. The van der Waals surface area contributed by atoms with Gasteiger partial charge < -0.3 is 21.7 Å². The average Bonchev–Trinajstić information content (AvgIpc) is 2.02. The second-order valence-corrected chi connectivity index (χ2v) is 2.73. The van der Waals surface area contributed by atoms with E-state index in [-0.39, 0.29) is 12.6 Å². The molecule has 11 heavy (non-hydrogen) atoms. The summed E-state index contributed by atoms with van der Waals surface area (Å²) in [6.45, 7) is 1.86. The number of rotatable bonds is 5. The molecule has 68 valence electrons. The van der Waals surface area contributed by atoms with Crippen molar-refractivity contribution in [2.24, 2.45) is 11.5 Å². The van der Waals surface area contributed by atoms with Crippen LogP contribution >= 0.6 is 0 Å². The van der Waals surface area contributed by atoms with Gasteiger partial charge in [0, 0.05) is 18.7 Å². The molecular weight excluding hydrogens is 144 g/mol. The second kappa shape index (κ2) is 5.49. The average molecular weight is 162 g/mol. The molecule has 0 rings (SSSR count). The van der Waals surface area contributed by atoms with Gasteiger partial charge in [-0.3, -0.25) is 0 Å². The Morgan fingerprint density at radius 1 is 1.36 bits per heavy atom. The zero-order valence-corrected chi connectivity index (χ0v) is 6.90. The van der Waals surface area contributed by atoms with Crippen molar-refractivity contribution in [1.29, 1.82) is 0 Å². The number of aliphatic hydroxyl groups excluding tert-OH is 2. The lowest BCUT2D eigenvalue weighted by atomic mass is 10.00. The first-order valence-corrected chi connectivity index (χ1v) is 3.93. The molecule has 0 aromatic heterocycles. The minimum atomic E-state index is -0.559. The normalized spacial score (nSPS) is 19.4. The van der Waals surface area contributed by atoms with Crippen LogP contribution in [0.5, 0.6) is 0 Å². The fourth-order valence-electron chi connectivity index (χ4n) is 0.899. The Kier molecular flexibility index (Phi) is 5.41. The van der Waals surface area contributed by atoms with Crippen molar-refractivity contribution in [3.63, 3.8) is 0 Å². The number of nitrogens with two attached hydrogens (primary N) is 2. The van der Waals surface area contributed by atoms with Gasteiger partial charge in [0.2, 0.25) is 0 Å². The first-order chi connectivity index (χ1) is 5.13. The molecule has 0 bridgehead atoms. The lowest BCUT2D eigenvalue weighted by Gasteiger charge is -2.23. The highest BCUT2D eigenvalue weighted by atomic mass is 16.3. The maximum atomic E-state index is 9.24. The quantitative estimate of drug-likeness (QED) is 0.408. The van der Waals surface area contributed by atoms with E-state index in [2.05, 4.69) is 0 Å². The van der Waals surface area contributed by atoms with Gasteiger partial charge in [0.25, 0.3) is 0 Å². The number of hydrogen-bond acceptors (Lipinski definition) is 4. The van der Waals surface area contributed by atoms with Gasteiger partial charge in [-0.15, -0.1) is 0 Å². The van der Waals surface area contributed by atoms with Crippen LogP contribution in [-0.4, -0.2) is 35.0 Å². The van der Waals surface area contributed by atoms with E-state index >= 15 is 0 Å². The van der Waals surface area contributed by atoms with Crippen LogP contribution in [0.1, 0.15) is 19.8 Å². The fraction of sp³-hybridized carbons (Fsp3) is 1.00. The van der Waals surface area contributed by atoms with Crippen LogP contribution in [0.2, 0.25) is 0 Å². The van der Waals surface area contributed by atoms with Crippen LogP contribution in [0.15, 0.2) is 0 Å². The Labute approximate surface area is 67.2 Å². The monoisotopic (exact) mass is 162 g/mol. The van der Waals surface area contributed by atoms with E-state index < -0.39 is 12.1 Å². The van der Waals surface area contributed by atoms with Gasteiger partial charge in [-0.2, -0.15) is 0 Å². The molecule has 6 N–H and O–H groups in total. The summed E-state index contributed by atoms with van der Waals surface area (Å²) in [6.07, 6.45) is 0.481. The minimum Gasteiger partial charge on any atom is -0.396 e. The van der Waals surface area contributed by atoms with E-state index in [9.17, 15) is 5.11 Å². The van der Waals surface area contributed by atoms with Crippen molar-refractivity contribution in [1.82, 2.24) is 0 Å². The predicted octanol–water partition coefficient (Wildman–Crippen LogP) is -1.21. The van der Waals surface area contributed by atoms with Crippen LogP contribution < -0.4 is 11.5 Å². The van der Waals surface area contributed by atoms with Crippen LogP contribution in [0.4, 0.5) is 0 Å². The molecule has 0 fully saturated rings. The topological polar surface area (TPSA) is 92.5 Å². The smallest absolute Gasteiger partial charge is 0.0703 e. The maximum absolute atomic E-state index is 9.24. The lowest BCUT2D eigenvalue weighted by molar-refractivity contribution is 0.122. The van der Waals surface area contributed by atoms with Crippen LogP contribution in [-0.2, 0) is 0 Å². The van der Waals surface area contributed by atoms with Crippen molar-refractivity contribution in [3.05, 3.63) is 0 Å². The van der Waals surface area contributed by atoms with E-state index in [1.54, 1.807) is 0 Å². The summed E-state index contributed by atoms with van der Waals surface area (Å²) in [5.74, 6) is 0. The fourth-order valence-corrected chi connectivity index (χ4v) is 0.899. The molecular formula is C7H18N2O2. The van der Waals surface area contributed by atoms with Crippen LogP contribution in [0.3, 0.4) is 0 Å². The van der Waals surface area contributed by atoms with Gasteiger partial charge >= 0.3 is 0 Å². The highest BCUT2D eigenvalue weighted by Crippen LogP contribution is 2.01. The van der Waals surface area contributed by atoms with Crippen molar-refractivity contribution in [2.45, 2.75) is 38.0 Å². The van der Waals surface area contributed by atoms with Gasteiger partial charge in [0.15, 0.2) is 0 Å². The van der Waals surface area contributed by atoms with E-state index in [1.807, 2.05) is 6.92 Å². The third kappa shape index (κ3) is 3.67. The molecule has 0 radical (unpaired) electrons. The molecule has 0 amide bonds. The van der Waals surface area contributed by atoms with Gasteiger partial charge in [0.1, 0.15) is 0 Å². The number of hydrogen-bond donors (Lipinski definition) is 4. The Morgan fingerprint density at radius 3 is 2.27 bits per heavy atom. The van der Waals surface area contributed by atoms with Crippen molar-refractivity contribution < 1.29 is 10.2 Å². The predicted molar refractivity (Wildman–Crippen MR) is 44.0 cm³/mol. The summed E-state index contributed by atoms with van der Waals surface area (Å²) in [5.41, 5.74) is 11.1. The molecule has 4 heteroatoms. The maximum Gasteiger partial charge on any atom is 0.0703 e. The van der Waals surface area contributed by atoms with E-state index in [1.165, 1.54) is 0 Å².